The standard InChI is InChI=1S/C17H25F4N3/c1-15(2,3)13-10-24-12(17(19,20)21)9-11(18)14(24)16(23(13)4)5-7-22-8-6-16/h9,13,22H,5-8,10H2,1-4H3. The number of likely N-dealkylation sites (N-methyl/N-ethyl adjacent to an activating group) is 1. The van der Waals surface area contributed by atoms with E-state index in [-0.39, 0.29) is 23.7 Å². The number of hydrogen-bond acceptors (Lipinski definition) is 2. The van der Waals surface area contributed by atoms with E-state index < -0.39 is 23.2 Å². The molecule has 0 amide bonds. The molecular formula is C17H25F4N3. The van der Waals surface area contributed by atoms with Gasteiger partial charge in [-0.1, -0.05) is 20.8 Å². The second-order valence-electron chi connectivity index (χ2n) is 8.11. The predicted molar refractivity (Wildman–Crippen MR) is 84.2 cm³/mol. The van der Waals surface area contributed by atoms with E-state index in [9.17, 15) is 17.6 Å². The number of alkyl halides is 3. The molecule has 2 aliphatic heterocycles. The summed E-state index contributed by atoms with van der Waals surface area (Å²) in [5, 5.41) is 3.24. The summed E-state index contributed by atoms with van der Waals surface area (Å²) in [6.07, 6.45) is -3.34. The van der Waals surface area contributed by atoms with Gasteiger partial charge in [0, 0.05) is 18.7 Å². The molecule has 1 aromatic rings. The van der Waals surface area contributed by atoms with Crippen molar-refractivity contribution in [3.05, 3.63) is 23.3 Å². The fourth-order valence-corrected chi connectivity index (χ4v) is 4.46. The van der Waals surface area contributed by atoms with E-state index in [0.29, 0.717) is 32.0 Å². The molecule has 0 bridgehead atoms. The predicted octanol–water partition coefficient (Wildman–Crippen LogP) is 3.58. The molecule has 24 heavy (non-hydrogen) atoms. The SMILES string of the molecule is CN1C(C(C)(C)C)Cn2c(C(F)(F)F)cc(F)c2C12CCNCC2. The van der Waals surface area contributed by atoms with E-state index in [4.69, 9.17) is 0 Å². The Kier molecular flexibility index (Phi) is 4.03. The summed E-state index contributed by atoms with van der Waals surface area (Å²) in [5.74, 6) is -0.733. The minimum absolute atomic E-state index is 0.101. The van der Waals surface area contributed by atoms with Gasteiger partial charge in [0.25, 0.3) is 0 Å². The molecule has 0 aliphatic carbocycles. The third-order valence-electron chi connectivity index (χ3n) is 5.71. The number of fused-ring (bicyclic) bond motifs is 2. The lowest BCUT2D eigenvalue weighted by Gasteiger charge is -2.55. The lowest BCUT2D eigenvalue weighted by atomic mass is 9.75. The number of halogens is 4. The maximum Gasteiger partial charge on any atom is 0.431 e. The minimum atomic E-state index is -4.55. The summed E-state index contributed by atoms with van der Waals surface area (Å²) in [6, 6.07) is 0.578. The molecule has 3 rings (SSSR count). The average molecular weight is 347 g/mol. The molecule has 0 aromatic carbocycles. The maximum absolute atomic E-state index is 14.7. The lowest BCUT2D eigenvalue weighted by molar-refractivity contribution is -0.146. The van der Waals surface area contributed by atoms with Gasteiger partial charge in [0.2, 0.25) is 0 Å². The quantitative estimate of drug-likeness (QED) is 0.724. The van der Waals surface area contributed by atoms with Gasteiger partial charge in [-0.05, 0) is 38.4 Å². The van der Waals surface area contributed by atoms with Crippen LogP contribution in [-0.4, -0.2) is 35.6 Å². The molecule has 1 atom stereocenters. The van der Waals surface area contributed by atoms with Crippen LogP contribution in [0.4, 0.5) is 17.6 Å². The molecule has 1 aromatic heterocycles. The number of nitrogens with zero attached hydrogens (tertiary/aromatic N) is 2. The Balaban J connectivity index is 2.23. The molecular weight excluding hydrogens is 322 g/mol. The van der Waals surface area contributed by atoms with Crippen LogP contribution in [0.25, 0.3) is 0 Å². The number of nitrogens with one attached hydrogen (secondary N) is 1. The highest BCUT2D eigenvalue weighted by Crippen LogP contribution is 2.48. The lowest BCUT2D eigenvalue weighted by Crippen LogP contribution is -2.62. The van der Waals surface area contributed by atoms with Crippen LogP contribution < -0.4 is 5.32 Å². The second kappa shape index (κ2) is 5.46. The molecule has 136 valence electrons. The number of piperidine rings is 1. The Morgan fingerprint density at radius 1 is 1.17 bits per heavy atom. The van der Waals surface area contributed by atoms with Crippen LogP contribution in [0.15, 0.2) is 6.07 Å². The van der Waals surface area contributed by atoms with Gasteiger partial charge in [0.05, 0.1) is 11.2 Å². The molecule has 1 spiro atoms. The molecule has 0 radical (unpaired) electrons. The van der Waals surface area contributed by atoms with Gasteiger partial charge in [0.15, 0.2) is 0 Å². The molecule has 2 aliphatic rings. The summed E-state index contributed by atoms with van der Waals surface area (Å²) in [7, 11) is 1.93. The van der Waals surface area contributed by atoms with Gasteiger partial charge in [0.1, 0.15) is 11.5 Å². The van der Waals surface area contributed by atoms with Crippen molar-refractivity contribution in [3.8, 4) is 0 Å². The van der Waals surface area contributed by atoms with Crippen LogP contribution in [0, 0.1) is 11.2 Å². The third kappa shape index (κ3) is 2.56. The van der Waals surface area contributed by atoms with Crippen molar-refractivity contribution in [3.63, 3.8) is 0 Å². The van der Waals surface area contributed by atoms with E-state index in [1.807, 2.05) is 27.8 Å². The first-order valence-electron chi connectivity index (χ1n) is 8.39. The van der Waals surface area contributed by atoms with Crippen molar-refractivity contribution in [1.29, 1.82) is 0 Å². The fraction of sp³-hybridized carbons (Fsp3) is 0.765. The van der Waals surface area contributed by atoms with Gasteiger partial charge in [-0.15, -0.1) is 0 Å². The van der Waals surface area contributed by atoms with Crippen LogP contribution in [-0.2, 0) is 18.3 Å². The van der Waals surface area contributed by atoms with E-state index in [1.54, 1.807) is 0 Å². The van der Waals surface area contributed by atoms with Crippen LogP contribution in [0.1, 0.15) is 45.0 Å². The molecule has 3 heterocycles. The van der Waals surface area contributed by atoms with Gasteiger partial charge in [-0.3, -0.25) is 4.90 Å². The maximum atomic E-state index is 14.7. The summed E-state index contributed by atoms with van der Waals surface area (Å²) in [6.45, 7) is 7.59. The van der Waals surface area contributed by atoms with Gasteiger partial charge in [-0.25, -0.2) is 4.39 Å². The van der Waals surface area contributed by atoms with Crippen LogP contribution >= 0.6 is 0 Å². The second-order valence-corrected chi connectivity index (χ2v) is 8.11. The summed E-state index contributed by atoms with van der Waals surface area (Å²) in [4.78, 5) is 2.13. The third-order valence-corrected chi connectivity index (χ3v) is 5.71. The van der Waals surface area contributed by atoms with E-state index in [1.165, 1.54) is 4.57 Å². The monoisotopic (exact) mass is 347 g/mol. The molecule has 7 heteroatoms. The topological polar surface area (TPSA) is 20.2 Å². The fourth-order valence-electron chi connectivity index (χ4n) is 4.46. The zero-order valence-corrected chi connectivity index (χ0v) is 14.6. The summed E-state index contributed by atoms with van der Waals surface area (Å²) >= 11 is 0. The van der Waals surface area contributed by atoms with Gasteiger partial charge in [-0.2, -0.15) is 13.2 Å². The summed E-state index contributed by atoms with van der Waals surface area (Å²) in [5.41, 5.74) is -1.56. The molecule has 1 saturated heterocycles. The highest BCUT2D eigenvalue weighted by molar-refractivity contribution is 5.31. The van der Waals surface area contributed by atoms with Crippen molar-refractivity contribution >= 4 is 0 Å². The van der Waals surface area contributed by atoms with Crippen LogP contribution in [0.3, 0.4) is 0 Å². The molecule has 0 saturated carbocycles. The minimum Gasteiger partial charge on any atom is -0.335 e. The Labute approximate surface area is 140 Å². The Morgan fingerprint density at radius 3 is 2.25 bits per heavy atom. The van der Waals surface area contributed by atoms with Gasteiger partial charge < -0.3 is 9.88 Å². The van der Waals surface area contributed by atoms with Crippen LogP contribution in [0.5, 0.6) is 0 Å². The van der Waals surface area contributed by atoms with Crippen molar-refractivity contribution in [2.24, 2.45) is 5.41 Å². The highest BCUT2D eigenvalue weighted by Gasteiger charge is 2.52. The Bertz CT molecular complexity index is 621. The van der Waals surface area contributed by atoms with Gasteiger partial charge >= 0.3 is 6.18 Å². The van der Waals surface area contributed by atoms with E-state index >= 15 is 0 Å². The number of aromatic nitrogens is 1. The van der Waals surface area contributed by atoms with Crippen molar-refractivity contribution in [2.45, 2.75) is 57.9 Å². The molecule has 1 fully saturated rings. The highest BCUT2D eigenvalue weighted by atomic mass is 19.4. The Hall–Kier alpha value is -1.08. The molecule has 3 nitrogen and oxygen atoms in total. The molecule has 1 N–H and O–H groups in total. The number of rotatable bonds is 0. The largest absolute Gasteiger partial charge is 0.431 e. The Morgan fingerprint density at radius 2 is 1.75 bits per heavy atom. The summed E-state index contributed by atoms with van der Waals surface area (Å²) < 4.78 is 56.2. The van der Waals surface area contributed by atoms with E-state index in [0.717, 1.165) is 0 Å². The van der Waals surface area contributed by atoms with Crippen molar-refractivity contribution < 1.29 is 17.6 Å². The molecule has 1 unspecified atom stereocenters. The first kappa shape index (κ1) is 17.7. The normalized spacial score (nSPS) is 25.1. The average Bonchev–Trinajstić information content (AvgIpc) is 2.80. The van der Waals surface area contributed by atoms with Crippen molar-refractivity contribution in [2.75, 3.05) is 20.1 Å². The smallest absolute Gasteiger partial charge is 0.335 e. The van der Waals surface area contributed by atoms with E-state index in [2.05, 4.69) is 10.2 Å². The number of hydrogen-bond donors (Lipinski definition) is 1. The zero-order valence-electron chi connectivity index (χ0n) is 14.6. The first-order chi connectivity index (χ1) is 11.0. The first-order valence-corrected chi connectivity index (χ1v) is 8.39. The van der Waals surface area contributed by atoms with Crippen LogP contribution in [0.2, 0.25) is 0 Å². The van der Waals surface area contributed by atoms with Crippen molar-refractivity contribution in [1.82, 2.24) is 14.8 Å². The zero-order chi connectivity index (χ0) is 17.9.